The lowest BCUT2D eigenvalue weighted by molar-refractivity contribution is -0.00679. The number of hydrogen-bond donors (Lipinski definition) is 1. The molecule has 3 saturated heterocycles. The molecule has 1 saturated carbocycles. The molecule has 1 N–H and O–H groups in total. The molecule has 0 bridgehead atoms. The van der Waals surface area contributed by atoms with Crippen molar-refractivity contribution in [2.45, 2.75) is 63.8 Å². The lowest BCUT2D eigenvalue weighted by Crippen LogP contribution is -2.52. The van der Waals surface area contributed by atoms with Gasteiger partial charge >= 0.3 is 6.01 Å². The van der Waals surface area contributed by atoms with E-state index in [4.69, 9.17) is 35.3 Å². The molecule has 2 atom stereocenters. The topological polar surface area (TPSA) is 102 Å². The summed E-state index contributed by atoms with van der Waals surface area (Å²) >= 11 is 0. The van der Waals surface area contributed by atoms with Crippen LogP contribution in [0.25, 0.3) is 32.9 Å². The van der Waals surface area contributed by atoms with Crippen molar-refractivity contribution in [3.63, 3.8) is 0 Å². The number of pyridine rings is 1. The van der Waals surface area contributed by atoms with E-state index in [2.05, 4.69) is 15.8 Å². The Morgan fingerprint density at radius 3 is 2.62 bits per heavy atom. The summed E-state index contributed by atoms with van der Waals surface area (Å²) < 4.78 is 56.0. The standard InChI is InChI=1S/C41H47F2N5O5/c1-3-29-31(42)9-8-27-23-28(49)24-30(33(27)29)36-35(43)37-34(39(44-36)50-2)38(48-16-6-19-51-22-18-48)46-40(45-37)53-25-41-13-4-7-32(41)47(15-5-14-41)17-10-26-11-20-52-21-12-26/h1,8-9,23-24,26,32,49H,4-7,10-22,25H2,2H3. The number of nitrogens with zero attached hydrogens (tertiary/aromatic N) is 5. The van der Waals surface area contributed by atoms with E-state index in [0.29, 0.717) is 61.5 Å². The highest BCUT2D eigenvalue weighted by molar-refractivity contribution is 6.04. The van der Waals surface area contributed by atoms with Crippen molar-refractivity contribution >= 4 is 27.5 Å². The molecule has 0 spiro atoms. The molecule has 5 heterocycles. The molecule has 4 aliphatic rings. The van der Waals surface area contributed by atoms with Crippen molar-refractivity contribution in [2.75, 3.05) is 71.2 Å². The van der Waals surface area contributed by atoms with E-state index in [0.717, 1.165) is 77.7 Å². The molecule has 280 valence electrons. The highest BCUT2D eigenvalue weighted by atomic mass is 19.1. The van der Waals surface area contributed by atoms with Crippen LogP contribution in [0.5, 0.6) is 17.6 Å². The van der Waals surface area contributed by atoms with Crippen LogP contribution in [0.2, 0.25) is 0 Å². The number of hydrogen-bond acceptors (Lipinski definition) is 10. The average molecular weight is 728 g/mol. The molecule has 1 aliphatic carbocycles. The van der Waals surface area contributed by atoms with Gasteiger partial charge in [-0.1, -0.05) is 18.4 Å². The normalized spacial score (nSPS) is 22.8. The van der Waals surface area contributed by atoms with E-state index in [9.17, 15) is 5.11 Å². The molecule has 3 aliphatic heterocycles. The monoisotopic (exact) mass is 727 g/mol. The predicted octanol–water partition coefficient (Wildman–Crippen LogP) is 6.88. The lowest BCUT2D eigenvalue weighted by Gasteiger charge is -2.46. The number of aromatic nitrogens is 3. The first-order chi connectivity index (χ1) is 25.9. The van der Waals surface area contributed by atoms with Crippen LogP contribution in [0.1, 0.15) is 63.4 Å². The molecule has 8 rings (SSSR count). The third-order valence-corrected chi connectivity index (χ3v) is 12.0. The minimum atomic E-state index is -0.784. The third-order valence-electron chi connectivity index (χ3n) is 12.0. The number of rotatable bonds is 9. The van der Waals surface area contributed by atoms with Crippen molar-refractivity contribution in [1.29, 1.82) is 0 Å². The van der Waals surface area contributed by atoms with Crippen molar-refractivity contribution in [1.82, 2.24) is 19.9 Å². The van der Waals surface area contributed by atoms with Crippen molar-refractivity contribution < 1.29 is 32.8 Å². The number of terminal acetylenes is 1. The van der Waals surface area contributed by atoms with Gasteiger partial charge < -0.3 is 29.0 Å². The first-order valence-corrected chi connectivity index (χ1v) is 19.0. The molecule has 10 nitrogen and oxygen atoms in total. The molecule has 53 heavy (non-hydrogen) atoms. The van der Waals surface area contributed by atoms with E-state index >= 15 is 8.78 Å². The van der Waals surface area contributed by atoms with Crippen LogP contribution in [0.4, 0.5) is 14.6 Å². The Morgan fingerprint density at radius 1 is 0.962 bits per heavy atom. The van der Waals surface area contributed by atoms with Gasteiger partial charge in [0, 0.05) is 55.3 Å². The summed E-state index contributed by atoms with van der Waals surface area (Å²) in [4.78, 5) is 19.0. The smallest absolute Gasteiger partial charge is 0.319 e. The maximum atomic E-state index is 17.2. The minimum absolute atomic E-state index is 0.0430. The van der Waals surface area contributed by atoms with Crippen molar-refractivity contribution in [2.24, 2.45) is 11.3 Å². The molecule has 4 aromatic rings. The molecule has 2 unspecified atom stereocenters. The summed E-state index contributed by atoms with van der Waals surface area (Å²) in [6.07, 6.45) is 15.5. The molecule has 0 radical (unpaired) electrons. The third kappa shape index (κ3) is 6.83. The Morgan fingerprint density at radius 2 is 1.79 bits per heavy atom. The zero-order valence-electron chi connectivity index (χ0n) is 30.3. The summed E-state index contributed by atoms with van der Waals surface area (Å²) in [5, 5.41) is 11.7. The highest BCUT2D eigenvalue weighted by Gasteiger charge is 2.48. The second kappa shape index (κ2) is 15.2. The predicted molar refractivity (Wildman–Crippen MR) is 199 cm³/mol. The number of methoxy groups -OCH3 is 1. The fourth-order valence-corrected chi connectivity index (χ4v) is 9.31. The van der Waals surface area contributed by atoms with Gasteiger partial charge in [-0.3, -0.25) is 4.90 Å². The number of halogens is 2. The molecular weight excluding hydrogens is 680 g/mol. The van der Waals surface area contributed by atoms with Crippen LogP contribution in [0.15, 0.2) is 24.3 Å². The second-order valence-electron chi connectivity index (χ2n) is 15.0. The number of ether oxygens (including phenoxy) is 4. The minimum Gasteiger partial charge on any atom is -0.508 e. The SMILES string of the molecule is C#Cc1c(F)ccc2cc(O)cc(-c3nc(OC)c4c(N5CCCOCC5)nc(OCC56CCCC5N(CCC5CCOCC5)CCC6)nc4c3F)c12. The molecule has 0 amide bonds. The lowest BCUT2D eigenvalue weighted by atomic mass is 9.75. The van der Waals surface area contributed by atoms with Crippen molar-refractivity contribution in [3.05, 3.63) is 41.5 Å². The number of anilines is 1. The summed E-state index contributed by atoms with van der Waals surface area (Å²) in [6.45, 7) is 6.55. The van der Waals surface area contributed by atoms with Gasteiger partial charge in [-0.15, -0.1) is 6.42 Å². The maximum absolute atomic E-state index is 17.2. The van der Waals surface area contributed by atoms with Gasteiger partial charge in [0.05, 0.1) is 25.9 Å². The van der Waals surface area contributed by atoms with Crippen LogP contribution in [-0.4, -0.2) is 97.3 Å². The fraction of sp³-hybridized carbons (Fsp3) is 0.537. The van der Waals surface area contributed by atoms with Gasteiger partial charge in [-0.25, -0.2) is 13.8 Å². The van der Waals surface area contributed by atoms with E-state index in [-0.39, 0.29) is 50.8 Å². The van der Waals surface area contributed by atoms with Gasteiger partial charge in [-0.2, -0.15) is 9.97 Å². The number of phenols is 1. The van der Waals surface area contributed by atoms with Crippen LogP contribution in [0, 0.1) is 35.3 Å². The molecule has 2 aromatic carbocycles. The summed E-state index contributed by atoms with van der Waals surface area (Å²) in [5.74, 6) is 2.07. The highest BCUT2D eigenvalue weighted by Crippen LogP contribution is 2.49. The van der Waals surface area contributed by atoms with Crippen LogP contribution in [0.3, 0.4) is 0 Å². The van der Waals surface area contributed by atoms with Gasteiger partial charge in [0.1, 0.15) is 34.0 Å². The van der Waals surface area contributed by atoms with Gasteiger partial charge in [0.25, 0.3) is 0 Å². The molecule has 12 heteroatoms. The largest absolute Gasteiger partial charge is 0.508 e. The molecule has 4 fully saturated rings. The Labute approximate surface area is 308 Å². The number of benzene rings is 2. The van der Waals surface area contributed by atoms with Crippen LogP contribution >= 0.6 is 0 Å². The summed E-state index contributed by atoms with van der Waals surface area (Å²) in [6, 6.07) is 6.00. The fourth-order valence-electron chi connectivity index (χ4n) is 9.31. The summed E-state index contributed by atoms with van der Waals surface area (Å²) in [7, 11) is 1.45. The quantitative estimate of drug-likeness (QED) is 0.184. The van der Waals surface area contributed by atoms with E-state index in [1.165, 1.54) is 37.8 Å². The second-order valence-corrected chi connectivity index (χ2v) is 15.0. The molecule has 2 aromatic heterocycles. The Bertz CT molecular complexity index is 2030. The first kappa shape index (κ1) is 35.7. The average Bonchev–Trinajstić information content (AvgIpc) is 3.43. The van der Waals surface area contributed by atoms with Gasteiger partial charge in [0.2, 0.25) is 5.88 Å². The number of aromatic hydroxyl groups is 1. The van der Waals surface area contributed by atoms with E-state index in [1.54, 1.807) is 0 Å². The number of likely N-dealkylation sites (tertiary alicyclic amines) is 1. The van der Waals surface area contributed by atoms with Gasteiger partial charge in [0.15, 0.2) is 5.82 Å². The summed E-state index contributed by atoms with van der Waals surface area (Å²) in [5.41, 5.74) is -0.219. The van der Waals surface area contributed by atoms with Crippen LogP contribution < -0.4 is 14.4 Å². The first-order valence-electron chi connectivity index (χ1n) is 19.0. The number of piperidine rings is 1. The molecular formula is C41H47F2N5O5. The Kier molecular flexibility index (Phi) is 10.2. The Balaban J connectivity index is 1.20. The van der Waals surface area contributed by atoms with Crippen molar-refractivity contribution in [3.8, 4) is 41.2 Å². The zero-order valence-corrected chi connectivity index (χ0v) is 30.3. The van der Waals surface area contributed by atoms with Gasteiger partial charge in [-0.05, 0) is 94.0 Å². The van der Waals surface area contributed by atoms with E-state index in [1.807, 2.05) is 4.90 Å². The zero-order chi connectivity index (χ0) is 36.5. The van der Waals surface area contributed by atoms with E-state index < -0.39 is 11.6 Å². The number of fused-ring (bicyclic) bond motifs is 3. The Hall–Kier alpha value is -4.31. The maximum Gasteiger partial charge on any atom is 0.319 e. The van der Waals surface area contributed by atoms with Crippen LogP contribution in [-0.2, 0) is 9.47 Å². The number of phenolic OH excluding ortho intramolecular Hbond substituents is 1.